The third kappa shape index (κ3) is 67.3. The minimum absolute atomic E-state index is 0.0880. The predicted molar refractivity (Wildman–Crippen MR) is 381 cm³/mol. The molecule has 19 heteroatoms. The number of aliphatic hydroxyl groups is 1. The van der Waals surface area contributed by atoms with Gasteiger partial charge in [-0.3, -0.25) is 37.3 Å². The Labute approximate surface area is 571 Å². The van der Waals surface area contributed by atoms with Gasteiger partial charge in [-0.25, -0.2) is 9.13 Å². The highest BCUT2D eigenvalue weighted by molar-refractivity contribution is 7.47. The van der Waals surface area contributed by atoms with E-state index in [1.807, 2.05) is 12.2 Å². The Morgan fingerprint density at radius 2 is 0.553 bits per heavy atom. The highest BCUT2D eigenvalue weighted by Crippen LogP contribution is 2.45. The second-order valence-corrected chi connectivity index (χ2v) is 28.1. The van der Waals surface area contributed by atoms with Crippen LogP contribution in [0.2, 0.25) is 0 Å². The molecule has 0 amide bonds. The Balaban J connectivity index is 5.33. The number of allylic oxidation sites excluding steroid dienone is 10. The summed E-state index contributed by atoms with van der Waals surface area (Å²) in [5.41, 5.74) is 0. The molecule has 0 fully saturated rings. The van der Waals surface area contributed by atoms with Crippen LogP contribution in [0.15, 0.2) is 60.8 Å². The van der Waals surface area contributed by atoms with Crippen LogP contribution in [-0.4, -0.2) is 96.7 Å². The lowest BCUT2D eigenvalue weighted by atomic mass is 10.0. The van der Waals surface area contributed by atoms with E-state index >= 15 is 0 Å². The molecule has 5 atom stereocenters. The van der Waals surface area contributed by atoms with E-state index in [2.05, 4.69) is 76.3 Å². The standard InChI is InChI=1S/C75H136O17P2/c1-5-9-13-17-21-25-29-32-33-34-35-38-41-44-48-52-56-60-73(78)86-66-71(92-75(80)62-58-54-50-46-42-37-31-27-23-19-15-11-7-3)68-90-94(83,84)88-64-69(76)63-87-93(81,82)89-67-70(91-74(79)61-57-53-49-45-39-28-24-20-16-12-8-4)65-85-72(77)59-55-51-47-43-40-36-30-26-22-18-14-10-6-2/h9,13,21,25,32-33,35,38,44,48,69-71,76H,5-8,10-12,14-20,22-24,26-31,34,36-37,39-43,45-47,49-68H2,1-4H3,(H,81,82)(H,83,84)/b13-9-,25-21-,33-32-,38-35-,48-44-. The van der Waals surface area contributed by atoms with Crippen molar-refractivity contribution in [3.05, 3.63) is 60.8 Å². The first kappa shape index (κ1) is 90.8. The first-order valence-corrected chi connectivity index (χ1v) is 40.5. The lowest BCUT2D eigenvalue weighted by Crippen LogP contribution is -2.30. The van der Waals surface area contributed by atoms with Gasteiger partial charge in [-0.2, -0.15) is 0 Å². The van der Waals surface area contributed by atoms with E-state index in [1.54, 1.807) is 0 Å². The molecule has 0 aliphatic rings. The van der Waals surface area contributed by atoms with Gasteiger partial charge in [-0.05, 0) is 64.2 Å². The Kier molecular flexibility index (Phi) is 65.9. The number of carbonyl (C=O) groups excluding carboxylic acids is 4. The van der Waals surface area contributed by atoms with Crippen molar-refractivity contribution in [2.75, 3.05) is 39.6 Å². The summed E-state index contributed by atoms with van der Waals surface area (Å²) in [6, 6.07) is 0. The first-order valence-electron chi connectivity index (χ1n) is 37.5. The van der Waals surface area contributed by atoms with Crippen LogP contribution in [0.1, 0.15) is 336 Å². The molecular formula is C75H136O17P2. The van der Waals surface area contributed by atoms with Crippen LogP contribution >= 0.6 is 15.6 Å². The highest BCUT2D eigenvalue weighted by atomic mass is 31.2. The normalized spacial score (nSPS) is 14.3. The molecule has 0 rings (SSSR count). The van der Waals surface area contributed by atoms with Gasteiger partial charge in [0, 0.05) is 25.7 Å². The number of esters is 4. The lowest BCUT2D eigenvalue weighted by molar-refractivity contribution is -0.161. The van der Waals surface area contributed by atoms with Gasteiger partial charge >= 0.3 is 39.5 Å². The van der Waals surface area contributed by atoms with Crippen molar-refractivity contribution in [2.24, 2.45) is 0 Å². The van der Waals surface area contributed by atoms with E-state index in [0.29, 0.717) is 32.1 Å². The Morgan fingerprint density at radius 1 is 0.309 bits per heavy atom. The van der Waals surface area contributed by atoms with E-state index in [4.69, 9.17) is 37.0 Å². The fourth-order valence-corrected chi connectivity index (χ4v) is 11.9. The van der Waals surface area contributed by atoms with Crippen molar-refractivity contribution in [3.63, 3.8) is 0 Å². The molecule has 0 heterocycles. The molecule has 0 saturated heterocycles. The Morgan fingerprint density at radius 3 is 0.851 bits per heavy atom. The van der Waals surface area contributed by atoms with Crippen LogP contribution in [0.25, 0.3) is 0 Å². The fraction of sp³-hybridized carbons (Fsp3) is 0.813. The zero-order valence-corrected chi connectivity index (χ0v) is 61.4. The van der Waals surface area contributed by atoms with E-state index in [9.17, 15) is 43.2 Å². The molecule has 17 nitrogen and oxygen atoms in total. The summed E-state index contributed by atoms with van der Waals surface area (Å²) in [5, 5.41) is 10.6. The second kappa shape index (κ2) is 68.3. The van der Waals surface area contributed by atoms with E-state index in [-0.39, 0.29) is 25.7 Å². The van der Waals surface area contributed by atoms with Crippen LogP contribution < -0.4 is 0 Å². The van der Waals surface area contributed by atoms with Gasteiger partial charge < -0.3 is 33.8 Å². The molecule has 548 valence electrons. The van der Waals surface area contributed by atoms with Crippen molar-refractivity contribution in [1.29, 1.82) is 0 Å². The topological polar surface area (TPSA) is 237 Å². The van der Waals surface area contributed by atoms with Gasteiger partial charge in [-0.15, -0.1) is 0 Å². The molecule has 0 radical (unpaired) electrons. The molecule has 0 aromatic heterocycles. The van der Waals surface area contributed by atoms with Gasteiger partial charge in [0.15, 0.2) is 12.2 Å². The molecule has 3 N–H and O–H groups in total. The number of phosphoric acid groups is 2. The zero-order valence-electron chi connectivity index (χ0n) is 59.6. The summed E-state index contributed by atoms with van der Waals surface area (Å²) in [5.74, 6) is -2.21. The summed E-state index contributed by atoms with van der Waals surface area (Å²) in [7, 11) is -9.93. The minimum atomic E-state index is -4.97. The number of ether oxygens (including phenoxy) is 4. The lowest BCUT2D eigenvalue weighted by Gasteiger charge is -2.21. The van der Waals surface area contributed by atoms with E-state index in [1.165, 1.54) is 148 Å². The molecule has 0 aliphatic heterocycles. The smallest absolute Gasteiger partial charge is 0.462 e. The third-order valence-corrected chi connectivity index (χ3v) is 17.9. The van der Waals surface area contributed by atoms with Crippen LogP contribution in [0.3, 0.4) is 0 Å². The average Bonchev–Trinajstić information content (AvgIpc) is 2.15. The number of phosphoric ester groups is 2. The van der Waals surface area contributed by atoms with Crippen LogP contribution in [-0.2, 0) is 65.4 Å². The SMILES string of the molecule is CC/C=C\C/C=C\C/C=C\C/C=C\C/C=C\CCCC(=O)OCC(COP(=O)(O)OCC(O)COP(=O)(O)OCC(COC(=O)CCCCCCCCCCCCCCC)OC(=O)CCCCCCCCCCCCC)OC(=O)CCCCCCCCCCCCCCC. The number of carbonyl (C=O) groups is 4. The number of rotatable bonds is 71. The molecule has 5 unspecified atom stereocenters. The van der Waals surface area contributed by atoms with Gasteiger partial charge in [0.2, 0.25) is 0 Å². The Bertz CT molecular complexity index is 2030. The molecule has 0 spiro atoms. The number of aliphatic hydroxyl groups excluding tert-OH is 1. The number of hydrogen-bond donors (Lipinski definition) is 3. The molecule has 0 aliphatic carbocycles. The van der Waals surface area contributed by atoms with Crippen molar-refractivity contribution < 1.29 is 80.2 Å². The van der Waals surface area contributed by atoms with Gasteiger partial charge in [0.1, 0.15) is 19.3 Å². The molecular weight excluding hydrogens is 1230 g/mol. The zero-order chi connectivity index (χ0) is 69.0. The molecule has 0 bridgehead atoms. The molecule has 94 heavy (non-hydrogen) atoms. The van der Waals surface area contributed by atoms with E-state index < -0.39 is 97.5 Å². The summed E-state index contributed by atoms with van der Waals surface area (Å²) in [6.07, 6.45) is 65.1. The summed E-state index contributed by atoms with van der Waals surface area (Å²) >= 11 is 0. The van der Waals surface area contributed by atoms with Crippen molar-refractivity contribution in [3.8, 4) is 0 Å². The summed E-state index contributed by atoms with van der Waals surface area (Å²) < 4.78 is 68.3. The van der Waals surface area contributed by atoms with Crippen molar-refractivity contribution in [2.45, 2.75) is 354 Å². The van der Waals surface area contributed by atoms with Crippen LogP contribution in [0.4, 0.5) is 0 Å². The minimum Gasteiger partial charge on any atom is -0.462 e. The van der Waals surface area contributed by atoms with Gasteiger partial charge in [0.05, 0.1) is 26.4 Å². The van der Waals surface area contributed by atoms with Crippen molar-refractivity contribution in [1.82, 2.24) is 0 Å². The largest absolute Gasteiger partial charge is 0.472 e. The first-order chi connectivity index (χ1) is 45.7. The maximum Gasteiger partial charge on any atom is 0.472 e. The third-order valence-electron chi connectivity index (χ3n) is 16.0. The average molecular weight is 1370 g/mol. The summed E-state index contributed by atoms with van der Waals surface area (Å²) in [6.45, 7) is 4.74. The van der Waals surface area contributed by atoms with Crippen LogP contribution in [0, 0.1) is 0 Å². The van der Waals surface area contributed by atoms with Gasteiger partial charge in [-0.1, -0.05) is 307 Å². The van der Waals surface area contributed by atoms with Crippen LogP contribution in [0.5, 0.6) is 0 Å². The monoisotopic (exact) mass is 1370 g/mol. The highest BCUT2D eigenvalue weighted by Gasteiger charge is 2.30. The molecule has 0 aromatic carbocycles. The van der Waals surface area contributed by atoms with Crippen molar-refractivity contribution >= 4 is 39.5 Å². The maximum atomic E-state index is 13.0. The fourth-order valence-electron chi connectivity index (χ4n) is 10.3. The number of hydrogen-bond acceptors (Lipinski definition) is 15. The van der Waals surface area contributed by atoms with E-state index in [0.717, 1.165) is 103 Å². The quantitative estimate of drug-likeness (QED) is 0.0169. The molecule has 0 saturated carbocycles. The second-order valence-electron chi connectivity index (χ2n) is 25.2. The number of unbranched alkanes of at least 4 members (excludes halogenated alkanes) is 35. The van der Waals surface area contributed by atoms with Gasteiger partial charge in [0.25, 0.3) is 0 Å². The molecule has 0 aromatic rings. The Hall–Kier alpha value is -3.24. The maximum absolute atomic E-state index is 13.0. The predicted octanol–water partition coefficient (Wildman–Crippen LogP) is 21.1. The summed E-state index contributed by atoms with van der Waals surface area (Å²) in [4.78, 5) is 72.7.